The smallest absolute Gasteiger partial charge is 0.244 e. The van der Waals surface area contributed by atoms with Crippen molar-refractivity contribution >= 4 is 22.9 Å². The molecule has 0 aliphatic carbocycles. The molecule has 0 saturated heterocycles. The van der Waals surface area contributed by atoms with Crippen LogP contribution in [0.2, 0.25) is 0 Å². The summed E-state index contributed by atoms with van der Waals surface area (Å²) in [6.07, 6.45) is 5.09. The van der Waals surface area contributed by atoms with Gasteiger partial charge in [-0.25, -0.2) is 0 Å². The monoisotopic (exact) mass is 530 g/mol. The molecule has 0 spiro atoms. The largest absolute Gasteiger partial charge is 0.504 e. The molecule has 202 valence electrons. The van der Waals surface area contributed by atoms with Gasteiger partial charge in [0, 0.05) is 35.3 Å². The van der Waals surface area contributed by atoms with E-state index in [-0.39, 0.29) is 29.9 Å². The van der Waals surface area contributed by atoms with Gasteiger partial charge in [0.25, 0.3) is 0 Å². The first-order valence-corrected chi connectivity index (χ1v) is 12.5. The normalized spacial score (nSPS) is 16.3. The highest BCUT2D eigenvalue weighted by molar-refractivity contribution is 5.92. The molecule has 1 amide bonds. The summed E-state index contributed by atoms with van der Waals surface area (Å²) >= 11 is 0. The first kappa shape index (κ1) is 26.0. The average molecular weight is 531 g/mol. The van der Waals surface area contributed by atoms with Crippen LogP contribution in [0.1, 0.15) is 28.2 Å². The Kier molecular flexibility index (Phi) is 7.33. The first-order chi connectivity index (χ1) is 18.9. The molecule has 5 N–H and O–H groups in total. The topological polar surface area (TPSA) is 133 Å². The SMILES string of the molecule is COc1cc(/C=C\C(=O)NCCc2c[nH]c3ccc4c(c23)[C@@H](c2ccc(O)c(OC)c2)[C@H](CO)O4)ccc1O. The van der Waals surface area contributed by atoms with Crippen LogP contribution in [-0.2, 0) is 11.2 Å². The van der Waals surface area contributed by atoms with Gasteiger partial charge in [0.1, 0.15) is 11.9 Å². The van der Waals surface area contributed by atoms with E-state index < -0.39 is 6.10 Å². The number of carbonyl (C=O) groups excluding carboxylic acids is 1. The van der Waals surface area contributed by atoms with Crippen LogP contribution in [0.4, 0.5) is 0 Å². The summed E-state index contributed by atoms with van der Waals surface area (Å²) in [5.41, 5.74) is 4.46. The van der Waals surface area contributed by atoms with Gasteiger partial charge in [0.15, 0.2) is 23.0 Å². The average Bonchev–Trinajstić information content (AvgIpc) is 3.54. The minimum atomic E-state index is -0.494. The van der Waals surface area contributed by atoms with Gasteiger partial charge in [-0.15, -0.1) is 0 Å². The van der Waals surface area contributed by atoms with E-state index in [1.165, 1.54) is 26.4 Å². The zero-order valence-electron chi connectivity index (χ0n) is 21.6. The fraction of sp³-hybridized carbons (Fsp3) is 0.233. The van der Waals surface area contributed by atoms with E-state index in [9.17, 15) is 20.1 Å². The maximum absolute atomic E-state index is 12.5. The second kappa shape index (κ2) is 11.0. The molecule has 1 aliphatic heterocycles. The molecule has 0 fully saturated rings. The van der Waals surface area contributed by atoms with Crippen LogP contribution in [0.3, 0.4) is 0 Å². The van der Waals surface area contributed by atoms with E-state index in [2.05, 4.69) is 10.3 Å². The van der Waals surface area contributed by atoms with Gasteiger partial charge in [-0.2, -0.15) is 0 Å². The molecule has 4 aromatic rings. The molecule has 2 heterocycles. The number of H-pyrrole nitrogens is 1. The molecule has 0 bridgehead atoms. The number of benzene rings is 3. The van der Waals surface area contributed by atoms with Gasteiger partial charge in [-0.05, 0) is 65.6 Å². The number of carbonyl (C=O) groups is 1. The van der Waals surface area contributed by atoms with E-state index in [0.29, 0.717) is 30.2 Å². The molecule has 5 rings (SSSR count). The summed E-state index contributed by atoms with van der Waals surface area (Å²) < 4.78 is 16.5. The molecule has 0 unspecified atom stereocenters. The molecular formula is C30H30N2O7. The number of nitrogens with one attached hydrogen (secondary N) is 2. The molecule has 3 aromatic carbocycles. The minimum Gasteiger partial charge on any atom is -0.504 e. The third-order valence-corrected chi connectivity index (χ3v) is 6.96. The quantitative estimate of drug-likeness (QED) is 0.208. The van der Waals surface area contributed by atoms with Crippen molar-refractivity contribution in [2.45, 2.75) is 18.4 Å². The van der Waals surface area contributed by atoms with Crippen molar-refractivity contribution in [3.8, 4) is 28.7 Å². The fourth-order valence-electron chi connectivity index (χ4n) is 5.09. The summed E-state index contributed by atoms with van der Waals surface area (Å²) in [6, 6.07) is 13.8. The van der Waals surface area contributed by atoms with Gasteiger partial charge in [0.05, 0.1) is 26.7 Å². The lowest BCUT2D eigenvalue weighted by atomic mass is 9.85. The second-order valence-corrected chi connectivity index (χ2v) is 9.27. The number of phenolic OH excluding ortho intramolecular Hbond substituents is 2. The predicted molar refractivity (Wildman–Crippen MR) is 147 cm³/mol. The molecule has 9 heteroatoms. The Labute approximate surface area is 225 Å². The third kappa shape index (κ3) is 5.08. The second-order valence-electron chi connectivity index (χ2n) is 9.27. The van der Waals surface area contributed by atoms with Crippen LogP contribution in [-0.4, -0.2) is 59.7 Å². The summed E-state index contributed by atoms with van der Waals surface area (Å²) in [5, 5.41) is 33.9. The van der Waals surface area contributed by atoms with Crippen LogP contribution in [0.25, 0.3) is 17.0 Å². The lowest BCUT2D eigenvalue weighted by molar-refractivity contribution is -0.116. The van der Waals surface area contributed by atoms with Crippen molar-refractivity contribution < 1.29 is 34.3 Å². The number of hydrogen-bond donors (Lipinski definition) is 5. The third-order valence-electron chi connectivity index (χ3n) is 6.96. The number of hydrogen-bond acceptors (Lipinski definition) is 7. The molecule has 2 atom stereocenters. The van der Waals surface area contributed by atoms with Gasteiger partial charge >= 0.3 is 0 Å². The number of amides is 1. The molecule has 1 aromatic heterocycles. The molecular weight excluding hydrogens is 500 g/mol. The Morgan fingerprint density at radius 2 is 1.79 bits per heavy atom. The van der Waals surface area contributed by atoms with Crippen molar-refractivity contribution in [3.63, 3.8) is 0 Å². The van der Waals surface area contributed by atoms with E-state index >= 15 is 0 Å². The predicted octanol–water partition coefficient (Wildman–Crippen LogP) is 3.85. The number of phenols is 2. The fourth-order valence-corrected chi connectivity index (χ4v) is 5.09. The molecule has 0 saturated carbocycles. The number of aliphatic hydroxyl groups is 1. The van der Waals surface area contributed by atoms with Crippen LogP contribution in [0.15, 0.2) is 60.8 Å². The number of methoxy groups -OCH3 is 2. The zero-order valence-corrected chi connectivity index (χ0v) is 21.6. The van der Waals surface area contributed by atoms with E-state index in [4.69, 9.17) is 14.2 Å². The lowest BCUT2D eigenvalue weighted by Crippen LogP contribution is -2.24. The van der Waals surface area contributed by atoms with E-state index in [1.54, 1.807) is 30.3 Å². The Morgan fingerprint density at radius 3 is 2.54 bits per heavy atom. The van der Waals surface area contributed by atoms with Gasteiger partial charge in [-0.3, -0.25) is 4.79 Å². The van der Waals surface area contributed by atoms with Crippen LogP contribution < -0.4 is 19.5 Å². The summed E-state index contributed by atoms with van der Waals surface area (Å²) in [5.74, 6) is 0.919. The van der Waals surface area contributed by atoms with Gasteiger partial charge < -0.3 is 39.8 Å². The van der Waals surface area contributed by atoms with Crippen molar-refractivity contribution in [3.05, 3.63) is 83.1 Å². The van der Waals surface area contributed by atoms with Gasteiger partial charge in [-0.1, -0.05) is 12.1 Å². The summed E-state index contributed by atoms with van der Waals surface area (Å²) in [7, 11) is 2.96. The Morgan fingerprint density at radius 1 is 1.05 bits per heavy atom. The van der Waals surface area contributed by atoms with Gasteiger partial charge in [0.2, 0.25) is 5.91 Å². The maximum atomic E-state index is 12.5. The number of aromatic nitrogens is 1. The highest BCUT2D eigenvalue weighted by Gasteiger charge is 2.38. The van der Waals surface area contributed by atoms with Crippen molar-refractivity contribution in [2.24, 2.45) is 0 Å². The van der Waals surface area contributed by atoms with Crippen LogP contribution in [0, 0.1) is 0 Å². The highest BCUT2D eigenvalue weighted by atomic mass is 16.5. The number of ether oxygens (including phenoxy) is 3. The Balaban J connectivity index is 1.36. The number of aliphatic hydroxyl groups excluding tert-OH is 1. The lowest BCUT2D eigenvalue weighted by Gasteiger charge is -2.19. The number of rotatable bonds is 9. The Hall–Kier alpha value is -4.63. The number of fused-ring (bicyclic) bond motifs is 3. The Bertz CT molecular complexity index is 1540. The minimum absolute atomic E-state index is 0.0341. The van der Waals surface area contributed by atoms with Crippen LogP contribution >= 0.6 is 0 Å². The van der Waals surface area contributed by atoms with Crippen LogP contribution in [0.5, 0.6) is 28.7 Å². The molecule has 0 radical (unpaired) electrons. The summed E-state index contributed by atoms with van der Waals surface area (Å²) in [4.78, 5) is 15.8. The first-order valence-electron chi connectivity index (χ1n) is 12.5. The highest BCUT2D eigenvalue weighted by Crippen LogP contribution is 2.48. The van der Waals surface area contributed by atoms with Crippen molar-refractivity contribution in [1.82, 2.24) is 10.3 Å². The molecule has 1 aliphatic rings. The zero-order chi connectivity index (χ0) is 27.5. The number of aromatic amines is 1. The van der Waals surface area contributed by atoms with E-state index in [0.717, 1.165) is 33.2 Å². The molecule has 39 heavy (non-hydrogen) atoms. The standard InChI is InChI=1S/C30H30N2O7/c1-37-24-13-17(3-7-21(24)34)4-10-27(36)31-12-11-19-15-32-20-6-9-23-30(28(19)20)29(26(16-33)39-23)18-5-8-22(35)25(14-18)38-2/h3-10,13-15,26,29,32-35H,11-12,16H2,1-2H3,(H,31,36)/b10-4-/t26-,29-/m0/s1. The van der Waals surface area contributed by atoms with Crippen molar-refractivity contribution in [1.29, 1.82) is 0 Å². The number of aromatic hydroxyl groups is 2. The van der Waals surface area contributed by atoms with E-state index in [1.807, 2.05) is 24.4 Å². The maximum Gasteiger partial charge on any atom is 0.244 e. The molecule has 9 nitrogen and oxygen atoms in total. The van der Waals surface area contributed by atoms with Crippen molar-refractivity contribution in [2.75, 3.05) is 27.4 Å². The summed E-state index contributed by atoms with van der Waals surface area (Å²) in [6.45, 7) is 0.222.